The van der Waals surface area contributed by atoms with Crippen LogP contribution in [0.25, 0.3) is 0 Å². The van der Waals surface area contributed by atoms with Gasteiger partial charge in [0.15, 0.2) is 0 Å². The minimum Gasteiger partial charge on any atom is -0.341 e. The fourth-order valence-electron chi connectivity index (χ4n) is 1.92. The minimum atomic E-state index is 0.588. The van der Waals surface area contributed by atoms with Crippen LogP contribution in [0.4, 0.5) is 11.4 Å². The molecule has 18 heavy (non-hydrogen) atoms. The molecule has 2 aromatic carbocycles. The molecule has 0 amide bonds. The van der Waals surface area contributed by atoms with Crippen molar-refractivity contribution in [2.75, 3.05) is 11.4 Å². The van der Waals surface area contributed by atoms with Crippen LogP contribution in [-0.4, -0.2) is 12.8 Å². The van der Waals surface area contributed by atoms with Gasteiger partial charge < -0.3 is 4.90 Å². The average Bonchev–Trinajstić information content (AvgIpc) is 2.42. The zero-order valence-corrected chi connectivity index (χ0v) is 10.9. The van der Waals surface area contributed by atoms with Crippen molar-refractivity contribution >= 4 is 29.3 Å². The van der Waals surface area contributed by atoms with Crippen molar-refractivity contribution in [2.45, 2.75) is 6.92 Å². The molecule has 0 aromatic heterocycles. The molecule has 0 aliphatic carbocycles. The van der Waals surface area contributed by atoms with Gasteiger partial charge >= 0.3 is 0 Å². The Morgan fingerprint density at radius 3 is 2.44 bits per heavy atom. The lowest BCUT2D eigenvalue weighted by atomic mass is 10.2. The maximum atomic E-state index is 10.7. The van der Waals surface area contributed by atoms with E-state index in [-0.39, 0.29) is 0 Å². The summed E-state index contributed by atoms with van der Waals surface area (Å²) in [6.45, 7) is 2.88. The topological polar surface area (TPSA) is 20.3 Å². The molecule has 0 bridgehead atoms. The van der Waals surface area contributed by atoms with Gasteiger partial charge in [0.25, 0.3) is 0 Å². The van der Waals surface area contributed by atoms with E-state index < -0.39 is 0 Å². The quantitative estimate of drug-likeness (QED) is 0.763. The second-order valence-electron chi connectivity index (χ2n) is 3.91. The molecule has 0 radical (unpaired) electrons. The first kappa shape index (κ1) is 12.7. The van der Waals surface area contributed by atoms with Crippen LogP contribution < -0.4 is 4.90 Å². The van der Waals surface area contributed by atoms with Crippen LogP contribution in [0.2, 0.25) is 5.02 Å². The van der Waals surface area contributed by atoms with E-state index in [4.69, 9.17) is 11.6 Å². The van der Waals surface area contributed by atoms with Crippen molar-refractivity contribution in [2.24, 2.45) is 0 Å². The molecule has 0 aliphatic rings. The summed E-state index contributed by atoms with van der Waals surface area (Å²) in [4.78, 5) is 12.8. The Morgan fingerprint density at radius 2 is 1.89 bits per heavy atom. The number of nitrogens with zero attached hydrogens (tertiary/aromatic N) is 1. The number of rotatable bonds is 4. The van der Waals surface area contributed by atoms with Gasteiger partial charge in [0.2, 0.25) is 0 Å². The Kier molecular flexibility index (Phi) is 4.00. The molecule has 92 valence electrons. The summed E-state index contributed by atoms with van der Waals surface area (Å²) in [5.41, 5.74) is 2.59. The highest BCUT2D eigenvalue weighted by molar-refractivity contribution is 6.33. The summed E-state index contributed by atoms with van der Waals surface area (Å²) in [5, 5.41) is 0.588. The van der Waals surface area contributed by atoms with Crippen LogP contribution in [-0.2, 0) is 0 Å². The number of hydrogen-bond acceptors (Lipinski definition) is 2. The van der Waals surface area contributed by atoms with E-state index in [0.29, 0.717) is 10.6 Å². The average molecular weight is 260 g/mol. The largest absolute Gasteiger partial charge is 0.341 e. The fourth-order valence-corrected chi connectivity index (χ4v) is 2.21. The maximum absolute atomic E-state index is 10.7. The van der Waals surface area contributed by atoms with Gasteiger partial charge in [-0.1, -0.05) is 29.8 Å². The third kappa shape index (κ3) is 2.54. The van der Waals surface area contributed by atoms with E-state index in [1.54, 1.807) is 12.1 Å². The molecule has 0 saturated heterocycles. The van der Waals surface area contributed by atoms with E-state index in [2.05, 4.69) is 11.8 Å². The Labute approximate surface area is 112 Å². The standard InChI is InChI=1S/C15H14ClNO/c1-2-17(13-6-4-3-5-7-13)15-9-8-12(11-18)10-14(15)16/h3-11H,2H2,1H3. The lowest BCUT2D eigenvalue weighted by Crippen LogP contribution is -2.16. The summed E-state index contributed by atoms with van der Waals surface area (Å²) < 4.78 is 0. The number of anilines is 2. The number of aldehydes is 1. The summed E-state index contributed by atoms with van der Waals surface area (Å²) in [5.74, 6) is 0. The summed E-state index contributed by atoms with van der Waals surface area (Å²) >= 11 is 6.23. The predicted octanol–water partition coefficient (Wildman–Crippen LogP) is 4.31. The van der Waals surface area contributed by atoms with Gasteiger partial charge in [-0.3, -0.25) is 4.79 Å². The Bertz CT molecular complexity index is 539. The Hall–Kier alpha value is -1.80. The Balaban J connectivity index is 2.42. The molecule has 0 N–H and O–H groups in total. The second-order valence-corrected chi connectivity index (χ2v) is 4.32. The maximum Gasteiger partial charge on any atom is 0.150 e. The van der Waals surface area contributed by atoms with Crippen molar-refractivity contribution in [1.82, 2.24) is 0 Å². The highest BCUT2D eigenvalue weighted by Gasteiger charge is 2.10. The molecule has 2 nitrogen and oxygen atoms in total. The molecule has 3 heteroatoms. The molecule has 0 fully saturated rings. The zero-order chi connectivity index (χ0) is 13.0. The van der Waals surface area contributed by atoms with Gasteiger partial charge in [-0.2, -0.15) is 0 Å². The van der Waals surface area contributed by atoms with E-state index in [9.17, 15) is 4.79 Å². The van der Waals surface area contributed by atoms with Gasteiger partial charge in [0.1, 0.15) is 6.29 Å². The normalized spacial score (nSPS) is 10.1. The molecule has 0 atom stereocenters. The van der Waals surface area contributed by atoms with Crippen molar-refractivity contribution in [3.8, 4) is 0 Å². The fraction of sp³-hybridized carbons (Fsp3) is 0.133. The smallest absolute Gasteiger partial charge is 0.150 e. The second kappa shape index (κ2) is 5.69. The number of carbonyl (C=O) groups is 1. The van der Waals surface area contributed by atoms with Gasteiger partial charge in [-0.15, -0.1) is 0 Å². The van der Waals surface area contributed by atoms with Crippen LogP contribution >= 0.6 is 11.6 Å². The van der Waals surface area contributed by atoms with Gasteiger partial charge in [0, 0.05) is 17.8 Å². The molecule has 2 rings (SSSR count). The highest BCUT2D eigenvalue weighted by Crippen LogP contribution is 2.31. The lowest BCUT2D eigenvalue weighted by Gasteiger charge is -2.24. The van der Waals surface area contributed by atoms with E-state index >= 15 is 0 Å². The molecule has 0 spiro atoms. The lowest BCUT2D eigenvalue weighted by molar-refractivity contribution is 0.112. The van der Waals surface area contributed by atoms with E-state index in [0.717, 1.165) is 24.2 Å². The third-order valence-corrected chi connectivity index (χ3v) is 3.09. The number of carbonyl (C=O) groups excluding carboxylic acids is 1. The van der Waals surface area contributed by atoms with Crippen LogP contribution in [0, 0.1) is 0 Å². The summed E-state index contributed by atoms with van der Waals surface area (Å²) in [6, 6.07) is 15.4. The molecule has 2 aromatic rings. The van der Waals surface area contributed by atoms with E-state index in [1.807, 2.05) is 36.4 Å². The van der Waals surface area contributed by atoms with Crippen LogP contribution in [0.3, 0.4) is 0 Å². The zero-order valence-electron chi connectivity index (χ0n) is 10.1. The van der Waals surface area contributed by atoms with E-state index in [1.165, 1.54) is 0 Å². The minimum absolute atomic E-state index is 0.588. The van der Waals surface area contributed by atoms with Gasteiger partial charge in [-0.25, -0.2) is 0 Å². The van der Waals surface area contributed by atoms with Crippen molar-refractivity contribution in [3.63, 3.8) is 0 Å². The van der Waals surface area contributed by atoms with Crippen LogP contribution in [0.15, 0.2) is 48.5 Å². The first-order valence-electron chi connectivity index (χ1n) is 5.83. The number of hydrogen-bond donors (Lipinski definition) is 0. The van der Waals surface area contributed by atoms with Crippen LogP contribution in [0.1, 0.15) is 17.3 Å². The number of para-hydroxylation sites is 1. The summed E-state index contributed by atoms with van der Waals surface area (Å²) in [7, 11) is 0. The first-order chi connectivity index (χ1) is 8.76. The van der Waals surface area contributed by atoms with Crippen molar-refractivity contribution < 1.29 is 4.79 Å². The predicted molar refractivity (Wildman–Crippen MR) is 76.0 cm³/mol. The molecule has 0 aliphatic heterocycles. The first-order valence-corrected chi connectivity index (χ1v) is 6.21. The van der Waals surface area contributed by atoms with Crippen molar-refractivity contribution in [3.05, 3.63) is 59.1 Å². The number of halogens is 1. The van der Waals surface area contributed by atoms with Crippen molar-refractivity contribution in [1.29, 1.82) is 0 Å². The Morgan fingerprint density at radius 1 is 1.17 bits per heavy atom. The summed E-state index contributed by atoms with van der Waals surface area (Å²) in [6.07, 6.45) is 0.800. The molecule has 0 saturated carbocycles. The third-order valence-electron chi connectivity index (χ3n) is 2.78. The van der Waals surface area contributed by atoms with Gasteiger partial charge in [-0.05, 0) is 37.3 Å². The van der Waals surface area contributed by atoms with Gasteiger partial charge in [0.05, 0.1) is 10.7 Å². The number of benzene rings is 2. The monoisotopic (exact) mass is 259 g/mol. The highest BCUT2D eigenvalue weighted by atomic mass is 35.5. The SMILES string of the molecule is CCN(c1ccccc1)c1ccc(C=O)cc1Cl. The van der Waals surface area contributed by atoms with Crippen LogP contribution in [0.5, 0.6) is 0 Å². The molecule has 0 heterocycles. The molecular formula is C15H14ClNO. The molecule has 0 unspecified atom stereocenters. The molecular weight excluding hydrogens is 246 g/mol.